The molecule has 2 rings (SSSR count). The van der Waals surface area contributed by atoms with Crippen LogP contribution in [0, 0.1) is 5.82 Å². The van der Waals surface area contributed by atoms with Crippen LogP contribution in [0.1, 0.15) is 30.8 Å². The van der Waals surface area contributed by atoms with Gasteiger partial charge in [0, 0.05) is 19.4 Å². The van der Waals surface area contributed by atoms with Crippen molar-refractivity contribution in [1.82, 2.24) is 20.2 Å². The molecule has 0 aliphatic rings. The van der Waals surface area contributed by atoms with Crippen molar-refractivity contribution >= 4 is 6.03 Å². The maximum Gasteiger partial charge on any atom is 0.315 e. The molecule has 7 heteroatoms. The van der Waals surface area contributed by atoms with Crippen molar-refractivity contribution in [3.8, 4) is 0 Å². The summed E-state index contributed by atoms with van der Waals surface area (Å²) in [7, 11) is 1.80. The van der Waals surface area contributed by atoms with Crippen LogP contribution in [0.5, 0.6) is 0 Å². The zero-order valence-corrected chi connectivity index (χ0v) is 13.2. The van der Waals surface area contributed by atoms with Crippen molar-refractivity contribution < 1.29 is 14.3 Å². The predicted molar refractivity (Wildman–Crippen MR) is 84.3 cm³/mol. The van der Waals surface area contributed by atoms with Gasteiger partial charge in [-0.15, -0.1) is 0 Å². The van der Waals surface area contributed by atoms with Crippen LogP contribution in [0.25, 0.3) is 0 Å². The van der Waals surface area contributed by atoms with E-state index in [1.54, 1.807) is 36.1 Å². The average Bonchev–Trinajstić information content (AvgIpc) is 2.96. The lowest BCUT2D eigenvalue weighted by atomic mass is 10.1. The van der Waals surface area contributed by atoms with E-state index in [0.29, 0.717) is 17.8 Å². The number of nitrogens with zero attached hydrogens (tertiary/aromatic N) is 2. The van der Waals surface area contributed by atoms with Gasteiger partial charge in [0.1, 0.15) is 17.7 Å². The Morgan fingerprint density at radius 3 is 2.78 bits per heavy atom. The summed E-state index contributed by atoms with van der Waals surface area (Å²) in [4.78, 5) is 16.4. The monoisotopic (exact) mass is 320 g/mol. The molecule has 0 saturated heterocycles. The molecule has 0 spiro atoms. The van der Waals surface area contributed by atoms with Crippen LogP contribution in [0.15, 0.2) is 36.7 Å². The number of hydrogen-bond acceptors (Lipinski definition) is 3. The Bertz CT molecular complexity index is 655. The van der Waals surface area contributed by atoms with Crippen LogP contribution in [0.3, 0.4) is 0 Å². The molecule has 6 nitrogen and oxygen atoms in total. The van der Waals surface area contributed by atoms with Crippen molar-refractivity contribution in [3.63, 3.8) is 0 Å². The first-order chi connectivity index (χ1) is 11.0. The van der Waals surface area contributed by atoms with Crippen LogP contribution < -0.4 is 10.6 Å². The van der Waals surface area contributed by atoms with Crippen molar-refractivity contribution in [1.29, 1.82) is 0 Å². The average molecular weight is 320 g/mol. The highest BCUT2D eigenvalue weighted by molar-refractivity contribution is 5.75. The molecule has 2 aromatic rings. The molecule has 0 bridgehead atoms. The molecule has 1 aromatic heterocycles. The number of aryl methyl sites for hydroxylation is 1. The molecule has 0 unspecified atom stereocenters. The Hall–Kier alpha value is -2.41. The zero-order valence-electron chi connectivity index (χ0n) is 13.2. The molecule has 2 atom stereocenters. The smallest absolute Gasteiger partial charge is 0.315 e. The van der Waals surface area contributed by atoms with E-state index in [9.17, 15) is 14.3 Å². The lowest BCUT2D eigenvalue weighted by Gasteiger charge is -2.21. The first-order valence-corrected chi connectivity index (χ1v) is 7.45. The summed E-state index contributed by atoms with van der Waals surface area (Å²) in [6.45, 7) is 1.72. The summed E-state index contributed by atoms with van der Waals surface area (Å²) >= 11 is 0. The zero-order chi connectivity index (χ0) is 16.8. The number of rotatable bonds is 6. The summed E-state index contributed by atoms with van der Waals surface area (Å²) in [5, 5.41) is 14.7. The number of halogens is 1. The molecular weight excluding hydrogens is 299 g/mol. The number of amides is 2. The highest BCUT2D eigenvalue weighted by atomic mass is 19.1. The molecule has 0 saturated carbocycles. The molecule has 3 N–H and O–H groups in total. The van der Waals surface area contributed by atoms with Crippen LogP contribution in [0.4, 0.5) is 9.18 Å². The lowest BCUT2D eigenvalue weighted by molar-refractivity contribution is 0.212. The molecule has 23 heavy (non-hydrogen) atoms. The topological polar surface area (TPSA) is 79.2 Å². The molecule has 0 radical (unpaired) electrons. The van der Waals surface area contributed by atoms with E-state index in [4.69, 9.17) is 0 Å². The van der Waals surface area contributed by atoms with Gasteiger partial charge >= 0.3 is 6.03 Å². The highest BCUT2D eigenvalue weighted by Gasteiger charge is 2.22. The number of aliphatic hydroxyl groups excluding tert-OH is 1. The van der Waals surface area contributed by atoms with E-state index in [1.165, 1.54) is 12.1 Å². The SMILES string of the molecule is CC[C@@H](CO)NC(=O)N[C@@H](c1cccc(F)c1)c1nccn1C. The minimum absolute atomic E-state index is 0.142. The maximum absolute atomic E-state index is 13.5. The van der Waals surface area contributed by atoms with Crippen molar-refractivity contribution in [2.75, 3.05) is 6.61 Å². The molecule has 0 aliphatic carbocycles. The van der Waals surface area contributed by atoms with Crippen LogP contribution >= 0.6 is 0 Å². The third-order valence-electron chi connectivity index (χ3n) is 3.62. The van der Waals surface area contributed by atoms with E-state index in [1.807, 2.05) is 6.92 Å². The van der Waals surface area contributed by atoms with Gasteiger partial charge in [-0.05, 0) is 24.1 Å². The van der Waals surface area contributed by atoms with Crippen molar-refractivity contribution in [3.05, 3.63) is 53.9 Å². The minimum Gasteiger partial charge on any atom is -0.394 e. The van der Waals surface area contributed by atoms with E-state index >= 15 is 0 Å². The number of imidazole rings is 1. The quantitative estimate of drug-likeness (QED) is 0.758. The molecule has 124 valence electrons. The predicted octanol–water partition coefficient (Wildman–Crippen LogP) is 1.72. The number of benzene rings is 1. The molecule has 2 amide bonds. The Morgan fingerprint density at radius 1 is 1.43 bits per heavy atom. The lowest BCUT2D eigenvalue weighted by Crippen LogP contribution is -2.45. The second-order valence-corrected chi connectivity index (χ2v) is 5.29. The van der Waals surface area contributed by atoms with E-state index in [0.717, 1.165) is 0 Å². The number of carbonyl (C=O) groups excluding carboxylic acids is 1. The van der Waals surface area contributed by atoms with Gasteiger partial charge < -0.3 is 20.3 Å². The second kappa shape index (κ2) is 7.73. The maximum atomic E-state index is 13.5. The largest absolute Gasteiger partial charge is 0.394 e. The summed E-state index contributed by atoms with van der Waals surface area (Å²) in [5.41, 5.74) is 0.589. The normalized spacial score (nSPS) is 13.4. The molecule has 0 aliphatic heterocycles. The van der Waals surface area contributed by atoms with Gasteiger partial charge in [0.2, 0.25) is 0 Å². The van der Waals surface area contributed by atoms with Crippen LogP contribution in [-0.4, -0.2) is 33.3 Å². The minimum atomic E-state index is -0.595. The Balaban J connectivity index is 2.25. The van der Waals surface area contributed by atoms with E-state index < -0.39 is 12.1 Å². The van der Waals surface area contributed by atoms with Gasteiger partial charge in [-0.3, -0.25) is 0 Å². The first-order valence-electron chi connectivity index (χ1n) is 7.45. The van der Waals surface area contributed by atoms with E-state index in [2.05, 4.69) is 15.6 Å². The third-order valence-corrected chi connectivity index (χ3v) is 3.62. The first kappa shape index (κ1) is 17.0. The number of carbonyl (C=O) groups is 1. The fourth-order valence-corrected chi connectivity index (χ4v) is 2.27. The Labute approximate surface area is 134 Å². The fourth-order valence-electron chi connectivity index (χ4n) is 2.27. The number of urea groups is 1. The molecule has 1 aromatic carbocycles. The summed E-state index contributed by atoms with van der Waals surface area (Å²) in [6, 6.07) is 4.66. The number of hydrogen-bond donors (Lipinski definition) is 3. The van der Waals surface area contributed by atoms with Crippen LogP contribution in [-0.2, 0) is 7.05 Å². The van der Waals surface area contributed by atoms with Gasteiger partial charge in [0.05, 0.1) is 12.6 Å². The summed E-state index contributed by atoms with van der Waals surface area (Å²) < 4.78 is 15.3. The fraction of sp³-hybridized carbons (Fsp3) is 0.375. The van der Waals surface area contributed by atoms with Gasteiger partial charge in [-0.2, -0.15) is 0 Å². The second-order valence-electron chi connectivity index (χ2n) is 5.29. The van der Waals surface area contributed by atoms with Crippen molar-refractivity contribution in [2.45, 2.75) is 25.4 Å². The van der Waals surface area contributed by atoms with Gasteiger partial charge in [0.15, 0.2) is 0 Å². The Kier molecular flexibility index (Phi) is 5.70. The summed E-state index contributed by atoms with van der Waals surface area (Å²) in [5.74, 6) is 0.202. The van der Waals surface area contributed by atoms with Crippen molar-refractivity contribution in [2.24, 2.45) is 7.05 Å². The van der Waals surface area contributed by atoms with Gasteiger partial charge in [-0.1, -0.05) is 19.1 Å². The third kappa shape index (κ3) is 4.29. The highest BCUT2D eigenvalue weighted by Crippen LogP contribution is 2.21. The number of nitrogens with one attached hydrogen (secondary N) is 2. The van der Waals surface area contributed by atoms with E-state index in [-0.39, 0.29) is 18.5 Å². The van der Waals surface area contributed by atoms with Gasteiger partial charge in [-0.25, -0.2) is 14.2 Å². The number of aliphatic hydroxyl groups is 1. The molecule has 1 heterocycles. The van der Waals surface area contributed by atoms with Gasteiger partial charge in [0.25, 0.3) is 0 Å². The summed E-state index contributed by atoms with van der Waals surface area (Å²) in [6.07, 6.45) is 3.98. The molecular formula is C16H21FN4O2. The van der Waals surface area contributed by atoms with Crippen LogP contribution in [0.2, 0.25) is 0 Å². The molecule has 0 fully saturated rings. The Morgan fingerprint density at radius 2 is 2.22 bits per heavy atom. The standard InChI is InChI=1S/C16H21FN4O2/c1-3-13(10-22)19-16(23)20-14(15-18-7-8-21(15)2)11-5-4-6-12(17)9-11/h4-9,13-14,22H,3,10H2,1-2H3,(H2,19,20,23)/t13-,14-/m0/s1. The number of aromatic nitrogens is 2.